The molecule has 25 heavy (non-hydrogen) atoms. The predicted octanol–water partition coefficient (Wildman–Crippen LogP) is 2.78. The fourth-order valence-electron chi connectivity index (χ4n) is 2.11. The fourth-order valence-corrected chi connectivity index (χ4v) is 2.11. The summed E-state index contributed by atoms with van der Waals surface area (Å²) in [5.74, 6) is -1.52. The molecule has 0 saturated carbocycles. The van der Waals surface area contributed by atoms with E-state index >= 15 is 0 Å². The molecular weight excluding hydrogens is 326 g/mol. The molecule has 0 aliphatic rings. The third-order valence-electron chi connectivity index (χ3n) is 3.20. The van der Waals surface area contributed by atoms with E-state index in [0.717, 1.165) is 5.56 Å². The van der Waals surface area contributed by atoms with Gasteiger partial charge in [-0.25, -0.2) is 9.59 Å². The highest BCUT2D eigenvalue weighted by Gasteiger charge is 2.22. The Labute approximate surface area is 147 Å². The molecule has 1 aromatic rings. The number of carbonyl (C=O) groups excluding carboxylic acids is 3. The predicted molar refractivity (Wildman–Crippen MR) is 90.3 cm³/mol. The van der Waals surface area contributed by atoms with Crippen molar-refractivity contribution in [1.82, 2.24) is 5.48 Å². The first-order valence-electron chi connectivity index (χ1n) is 8.01. The largest absolute Gasteiger partial charge is 0.469 e. The van der Waals surface area contributed by atoms with E-state index in [-0.39, 0.29) is 12.8 Å². The second-order valence-electron chi connectivity index (χ2n) is 6.53. The lowest BCUT2D eigenvalue weighted by atomic mass is 9.95. The highest BCUT2D eigenvalue weighted by Crippen LogP contribution is 2.16. The van der Waals surface area contributed by atoms with Crippen LogP contribution in [-0.4, -0.2) is 30.7 Å². The Bertz CT molecular complexity index is 579. The van der Waals surface area contributed by atoms with Gasteiger partial charge in [-0.3, -0.25) is 4.79 Å². The number of hydrogen-bond acceptors (Lipinski definition) is 6. The standard InChI is InChI=1S/C18H25NO6/c1-18(2,3)24-17(22)19-25-15(20)11-10-14(16(21)23-4)12-13-8-6-5-7-9-13/h5-9,14H,10-12H2,1-4H3,(H,19,22)/t14-/m0/s1. The lowest BCUT2D eigenvalue weighted by Gasteiger charge is -2.19. The van der Waals surface area contributed by atoms with E-state index in [0.29, 0.717) is 6.42 Å². The van der Waals surface area contributed by atoms with Crippen LogP contribution in [0.1, 0.15) is 39.2 Å². The SMILES string of the molecule is COC(=O)[C@@H](CCC(=O)ONC(=O)OC(C)(C)C)Cc1ccccc1. The Morgan fingerprint density at radius 3 is 2.32 bits per heavy atom. The van der Waals surface area contributed by atoms with Crippen molar-refractivity contribution in [2.24, 2.45) is 5.92 Å². The third-order valence-corrected chi connectivity index (χ3v) is 3.20. The third kappa shape index (κ3) is 8.74. The number of nitrogens with one attached hydrogen (secondary N) is 1. The zero-order valence-corrected chi connectivity index (χ0v) is 15.0. The summed E-state index contributed by atoms with van der Waals surface area (Å²) in [5.41, 5.74) is 2.21. The second-order valence-corrected chi connectivity index (χ2v) is 6.53. The van der Waals surface area contributed by atoms with Gasteiger partial charge in [0.15, 0.2) is 0 Å². The summed E-state index contributed by atoms with van der Waals surface area (Å²) in [6, 6.07) is 9.44. The Kier molecular flexibility index (Phi) is 7.91. The molecule has 7 nitrogen and oxygen atoms in total. The lowest BCUT2D eigenvalue weighted by molar-refractivity contribution is -0.152. The van der Waals surface area contributed by atoms with Gasteiger partial charge in [-0.15, -0.1) is 5.48 Å². The van der Waals surface area contributed by atoms with Gasteiger partial charge in [0.25, 0.3) is 0 Å². The van der Waals surface area contributed by atoms with Crippen molar-refractivity contribution in [3.05, 3.63) is 35.9 Å². The number of rotatable bonds is 6. The molecule has 1 N–H and O–H groups in total. The minimum atomic E-state index is -0.852. The first kappa shape index (κ1) is 20.5. The van der Waals surface area contributed by atoms with Gasteiger partial charge < -0.3 is 14.3 Å². The maximum Gasteiger partial charge on any atom is 0.441 e. The summed E-state index contributed by atoms with van der Waals surface area (Å²) in [5, 5.41) is 0. The highest BCUT2D eigenvalue weighted by atomic mass is 16.7. The maximum atomic E-state index is 11.9. The lowest BCUT2D eigenvalue weighted by Crippen LogP contribution is -2.34. The van der Waals surface area contributed by atoms with Crippen LogP contribution >= 0.6 is 0 Å². The van der Waals surface area contributed by atoms with Gasteiger partial charge in [0.1, 0.15) is 5.60 Å². The van der Waals surface area contributed by atoms with Crippen molar-refractivity contribution in [2.75, 3.05) is 7.11 Å². The molecule has 1 atom stereocenters. The molecule has 1 aromatic carbocycles. The normalized spacial score (nSPS) is 12.0. The minimum absolute atomic E-state index is 0.0393. The van der Waals surface area contributed by atoms with Crippen molar-refractivity contribution in [3.63, 3.8) is 0 Å². The van der Waals surface area contributed by atoms with Gasteiger partial charge in [-0.1, -0.05) is 30.3 Å². The van der Waals surface area contributed by atoms with Crippen LogP contribution in [0.15, 0.2) is 30.3 Å². The molecule has 0 fully saturated rings. The Hall–Kier alpha value is -2.57. The van der Waals surface area contributed by atoms with Gasteiger partial charge in [-0.2, -0.15) is 0 Å². The van der Waals surface area contributed by atoms with E-state index in [1.165, 1.54) is 7.11 Å². The number of esters is 1. The maximum absolute atomic E-state index is 11.9. The van der Waals surface area contributed by atoms with Crippen LogP contribution in [0.2, 0.25) is 0 Å². The summed E-state index contributed by atoms with van der Waals surface area (Å²) < 4.78 is 9.74. The van der Waals surface area contributed by atoms with E-state index in [4.69, 9.17) is 9.47 Å². The first-order chi connectivity index (χ1) is 11.7. The molecule has 0 heterocycles. The molecule has 1 rings (SSSR count). The van der Waals surface area contributed by atoms with Crippen LogP contribution in [0.3, 0.4) is 0 Å². The molecule has 0 bridgehead atoms. The zero-order valence-electron chi connectivity index (χ0n) is 15.0. The summed E-state index contributed by atoms with van der Waals surface area (Å²) in [7, 11) is 1.31. The molecule has 0 aromatic heterocycles. The Morgan fingerprint density at radius 1 is 1.12 bits per heavy atom. The molecule has 0 radical (unpaired) electrons. The average molecular weight is 351 g/mol. The molecular formula is C18H25NO6. The Morgan fingerprint density at radius 2 is 1.76 bits per heavy atom. The van der Waals surface area contributed by atoms with Crippen molar-refractivity contribution in [3.8, 4) is 0 Å². The number of hydroxylamine groups is 1. The second kappa shape index (κ2) is 9.66. The molecule has 0 saturated heterocycles. The van der Waals surface area contributed by atoms with E-state index in [2.05, 4.69) is 4.84 Å². The van der Waals surface area contributed by atoms with Crippen molar-refractivity contribution in [1.29, 1.82) is 0 Å². The van der Waals surface area contributed by atoms with Crippen LogP contribution in [0.25, 0.3) is 0 Å². The minimum Gasteiger partial charge on any atom is -0.469 e. The molecule has 7 heteroatoms. The summed E-state index contributed by atoms with van der Waals surface area (Å²) in [4.78, 5) is 39.7. The summed E-state index contributed by atoms with van der Waals surface area (Å²) >= 11 is 0. The van der Waals surface area contributed by atoms with Gasteiger partial charge in [0.05, 0.1) is 13.0 Å². The van der Waals surface area contributed by atoms with E-state index in [1.807, 2.05) is 35.8 Å². The molecule has 0 spiro atoms. The zero-order chi connectivity index (χ0) is 18.9. The molecule has 0 aliphatic carbocycles. The number of methoxy groups -OCH3 is 1. The van der Waals surface area contributed by atoms with E-state index in [9.17, 15) is 14.4 Å². The van der Waals surface area contributed by atoms with Gasteiger partial charge in [0, 0.05) is 6.42 Å². The monoisotopic (exact) mass is 351 g/mol. The molecule has 1 amide bonds. The van der Waals surface area contributed by atoms with E-state index in [1.54, 1.807) is 20.8 Å². The highest BCUT2D eigenvalue weighted by molar-refractivity contribution is 5.76. The van der Waals surface area contributed by atoms with Gasteiger partial charge in [0.2, 0.25) is 0 Å². The van der Waals surface area contributed by atoms with Gasteiger partial charge >= 0.3 is 18.0 Å². The smallest absolute Gasteiger partial charge is 0.441 e. The first-order valence-corrected chi connectivity index (χ1v) is 8.01. The number of carbonyl (C=O) groups is 3. The fraction of sp³-hybridized carbons (Fsp3) is 0.500. The van der Waals surface area contributed by atoms with Crippen molar-refractivity contribution >= 4 is 18.0 Å². The number of hydrogen-bond donors (Lipinski definition) is 1. The number of amides is 1. The van der Waals surface area contributed by atoms with Crippen LogP contribution in [0.5, 0.6) is 0 Å². The molecule has 138 valence electrons. The van der Waals surface area contributed by atoms with Crippen LogP contribution in [-0.2, 0) is 30.3 Å². The van der Waals surface area contributed by atoms with E-state index < -0.39 is 29.6 Å². The molecule has 0 aliphatic heterocycles. The van der Waals surface area contributed by atoms with Crippen molar-refractivity contribution < 1.29 is 28.7 Å². The molecule has 0 unspecified atom stereocenters. The van der Waals surface area contributed by atoms with Gasteiger partial charge in [-0.05, 0) is 39.2 Å². The van der Waals surface area contributed by atoms with Crippen LogP contribution < -0.4 is 5.48 Å². The summed E-state index contributed by atoms with van der Waals surface area (Å²) in [6.07, 6.45) is -0.186. The topological polar surface area (TPSA) is 90.9 Å². The van der Waals surface area contributed by atoms with Crippen LogP contribution in [0, 0.1) is 5.92 Å². The van der Waals surface area contributed by atoms with Crippen LogP contribution in [0.4, 0.5) is 4.79 Å². The Balaban J connectivity index is 2.46. The summed E-state index contributed by atoms with van der Waals surface area (Å²) in [6.45, 7) is 5.08. The number of benzene rings is 1. The quantitative estimate of drug-likeness (QED) is 0.481. The number of ether oxygens (including phenoxy) is 2. The average Bonchev–Trinajstić information content (AvgIpc) is 2.55. The van der Waals surface area contributed by atoms with Crippen molar-refractivity contribution in [2.45, 2.75) is 45.6 Å².